The van der Waals surface area contributed by atoms with E-state index in [1.807, 2.05) is 36.4 Å². The third-order valence-corrected chi connectivity index (χ3v) is 4.94. The second-order valence-corrected chi connectivity index (χ2v) is 7.05. The highest BCUT2D eigenvalue weighted by Gasteiger charge is 2.18. The number of phenolic OH excluding ortho intramolecular Hbond substituents is 1. The zero-order valence-corrected chi connectivity index (χ0v) is 17.6. The molecular weight excluding hydrogens is 420 g/mol. The fraction of sp³-hybridized carbons (Fsp3) is 0.0385. The zero-order valence-electron chi connectivity index (χ0n) is 17.6. The normalized spacial score (nSPS) is 10.3. The van der Waals surface area contributed by atoms with Crippen molar-refractivity contribution >= 4 is 5.78 Å². The second-order valence-electron chi connectivity index (χ2n) is 7.05. The molecule has 0 spiro atoms. The summed E-state index contributed by atoms with van der Waals surface area (Å²) in [7, 11) is 1.44. The number of aromatic hydroxyl groups is 1. The van der Waals surface area contributed by atoms with Gasteiger partial charge in [0, 0.05) is 17.4 Å². The number of carbonyl (C=O) groups excluding carboxylic acids is 1. The summed E-state index contributed by atoms with van der Waals surface area (Å²) in [5.74, 6) is 0.825. The second kappa shape index (κ2) is 9.12. The van der Waals surface area contributed by atoms with Gasteiger partial charge in [-0.15, -0.1) is 0 Å². The van der Waals surface area contributed by atoms with E-state index < -0.39 is 11.3 Å². The zero-order chi connectivity index (χ0) is 23.4. The fourth-order valence-electron chi connectivity index (χ4n) is 3.26. The molecule has 4 rings (SSSR count). The number of methoxy groups -OCH3 is 1. The number of hydrogen-bond donors (Lipinski definition) is 1. The maximum absolute atomic E-state index is 13.1. The maximum Gasteiger partial charge on any atom is 0.273 e. The first-order valence-electron chi connectivity index (χ1n) is 9.92. The molecule has 33 heavy (non-hydrogen) atoms. The molecular formula is C26H18N2O5. The molecule has 0 saturated carbocycles. The van der Waals surface area contributed by atoms with E-state index in [9.17, 15) is 20.0 Å². The highest BCUT2D eigenvalue weighted by molar-refractivity contribution is 6.10. The molecule has 3 aromatic carbocycles. The monoisotopic (exact) mass is 438 g/mol. The molecule has 0 unspecified atom stereocenters. The Morgan fingerprint density at radius 2 is 1.61 bits per heavy atom. The van der Waals surface area contributed by atoms with Crippen molar-refractivity contribution in [2.45, 2.75) is 0 Å². The molecule has 4 aromatic rings. The van der Waals surface area contributed by atoms with Crippen molar-refractivity contribution in [1.29, 1.82) is 5.26 Å². The van der Waals surface area contributed by atoms with Gasteiger partial charge in [-0.3, -0.25) is 14.2 Å². The standard InChI is InChI=1S/C26H18N2O5/c1-32-22-11-12-24(29)23(14-22)25(30)18-13-17(15-27)26(31)28(16-18)19-7-9-21(10-8-19)33-20-5-3-2-4-6-20/h2-14,16,29H,1H3. The molecule has 0 radical (unpaired) electrons. The lowest BCUT2D eigenvalue weighted by molar-refractivity contribution is 0.103. The first-order valence-corrected chi connectivity index (χ1v) is 9.92. The van der Waals surface area contributed by atoms with Crippen molar-refractivity contribution in [3.05, 3.63) is 112 Å². The molecule has 7 nitrogen and oxygen atoms in total. The molecule has 0 aliphatic carbocycles. The topological polar surface area (TPSA) is 102 Å². The van der Waals surface area contributed by atoms with Crippen molar-refractivity contribution < 1.29 is 19.4 Å². The summed E-state index contributed by atoms with van der Waals surface area (Å²) in [5, 5.41) is 19.6. The Balaban J connectivity index is 1.73. The van der Waals surface area contributed by atoms with E-state index >= 15 is 0 Å². The molecule has 0 amide bonds. The smallest absolute Gasteiger partial charge is 0.273 e. The number of aromatic nitrogens is 1. The van der Waals surface area contributed by atoms with Crippen LogP contribution in [0.15, 0.2) is 89.9 Å². The minimum Gasteiger partial charge on any atom is -0.507 e. The Bertz CT molecular complexity index is 1420. The van der Waals surface area contributed by atoms with Gasteiger partial charge in [-0.2, -0.15) is 5.26 Å². The number of nitrogens with zero attached hydrogens (tertiary/aromatic N) is 2. The third kappa shape index (κ3) is 4.45. The van der Waals surface area contributed by atoms with Crippen LogP contribution >= 0.6 is 0 Å². The average molecular weight is 438 g/mol. The fourth-order valence-corrected chi connectivity index (χ4v) is 3.26. The van der Waals surface area contributed by atoms with Crippen LogP contribution in [0.1, 0.15) is 21.5 Å². The minimum atomic E-state index is -0.569. The highest BCUT2D eigenvalue weighted by atomic mass is 16.5. The van der Waals surface area contributed by atoms with Crippen molar-refractivity contribution in [3.63, 3.8) is 0 Å². The van der Waals surface area contributed by atoms with Crippen LogP contribution in [0.25, 0.3) is 5.69 Å². The van der Waals surface area contributed by atoms with Gasteiger partial charge in [-0.05, 0) is 60.7 Å². The lowest BCUT2D eigenvalue weighted by Crippen LogP contribution is -2.22. The largest absolute Gasteiger partial charge is 0.507 e. The van der Waals surface area contributed by atoms with E-state index in [4.69, 9.17) is 9.47 Å². The van der Waals surface area contributed by atoms with Crippen LogP contribution in [0.2, 0.25) is 0 Å². The molecule has 0 aliphatic rings. The number of benzene rings is 3. The highest BCUT2D eigenvalue weighted by Crippen LogP contribution is 2.26. The predicted octanol–water partition coefficient (Wildman–Crippen LogP) is 4.45. The van der Waals surface area contributed by atoms with Gasteiger partial charge < -0.3 is 14.6 Å². The average Bonchev–Trinajstić information content (AvgIpc) is 2.85. The van der Waals surface area contributed by atoms with Gasteiger partial charge in [-0.1, -0.05) is 18.2 Å². The number of phenols is 1. The molecule has 1 aromatic heterocycles. The van der Waals surface area contributed by atoms with Crippen LogP contribution in [-0.2, 0) is 0 Å². The van der Waals surface area contributed by atoms with Gasteiger partial charge in [0.15, 0.2) is 5.78 Å². The van der Waals surface area contributed by atoms with Crippen LogP contribution in [0, 0.1) is 11.3 Å². The number of para-hydroxylation sites is 1. The molecule has 0 aliphatic heterocycles. The summed E-state index contributed by atoms with van der Waals surface area (Å²) in [6, 6.07) is 23.2. The van der Waals surface area contributed by atoms with Crippen LogP contribution in [0.3, 0.4) is 0 Å². The van der Waals surface area contributed by atoms with Crippen LogP contribution in [0.5, 0.6) is 23.0 Å². The number of nitriles is 1. The number of ketones is 1. The third-order valence-electron chi connectivity index (χ3n) is 4.94. The Kier molecular flexibility index (Phi) is 5.92. The van der Waals surface area contributed by atoms with E-state index in [-0.39, 0.29) is 22.4 Å². The van der Waals surface area contributed by atoms with E-state index in [2.05, 4.69) is 0 Å². The van der Waals surface area contributed by atoms with Crippen LogP contribution < -0.4 is 15.0 Å². The predicted molar refractivity (Wildman–Crippen MR) is 121 cm³/mol. The Morgan fingerprint density at radius 3 is 2.27 bits per heavy atom. The van der Waals surface area contributed by atoms with E-state index in [0.29, 0.717) is 22.9 Å². The Morgan fingerprint density at radius 1 is 0.939 bits per heavy atom. The Labute approximate surface area is 189 Å². The van der Waals surface area contributed by atoms with E-state index in [1.54, 1.807) is 24.3 Å². The van der Waals surface area contributed by atoms with Gasteiger partial charge in [0.2, 0.25) is 0 Å². The summed E-state index contributed by atoms with van der Waals surface area (Å²) in [4.78, 5) is 25.9. The number of rotatable bonds is 6. The minimum absolute atomic E-state index is 0.00459. The quantitative estimate of drug-likeness (QED) is 0.447. The van der Waals surface area contributed by atoms with Gasteiger partial charge in [0.05, 0.1) is 12.7 Å². The molecule has 1 N–H and O–H groups in total. The summed E-state index contributed by atoms with van der Waals surface area (Å²) in [6.45, 7) is 0. The Hall–Kier alpha value is -4.83. The summed E-state index contributed by atoms with van der Waals surface area (Å²) in [6.07, 6.45) is 1.34. The van der Waals surface area contributed by atoms with E-state index in [0.717, 1.165) is 0 Å². The molecule has 0 saturated heterocycles. The van der Waals surface area contributed by atoms with Crippen molar-refractivity contribution in [3.8, 4) is 34.8 Å². The van der Waals surface area contributed by atoms with Gasteiger partial charge in [0.25, 0.3) is 5.56 Å². The number of pyridine rings is 1. The number of carbonyl (C=O) groups is 1. The number of ether oxygens (including phenoxy) is 2. The summed E-state index contributed by atoms with van der Waals surface area (Å²) in [5.41, 5.74) is -0.260. The molecule has 0 atom stereocenters. The van der Waals surface area contributed by atoms with Crippen molar-refractivity contribution in [1.82, 2.24) is 4.57 Å². The van der Waals surface area contributed by atoms with Crippen molar-refractivity contribution in [2.75, 3.05) is 7.11 Å². The molecule has 1 heterocycles. The first-order chi connectivity index (χ1) is 16.0. The number of hydrogen-bond acceptors (Lipinski definition) is 6. The molecule has 162 valence electrons. The van der Waals surface area contributed by atoms with Gasteiger partial charge in [0.1, 0.15) is 34.6 Å². The van der Waals surface area contributed by atoms with Gasteiger partial charge in [-0.25, -0.2) is 0 Å². The van der Waals surface area contributed by atoms with Crippen LogP contribution in [0.4, 0.5) is 0 Å². The molecule has 7 heteroatoms. The lowest BCUT2D eigenvalue weighted by atomic mass is 10.0. The molecule has 0 fully saturated rings. The molecule has 0 bridgehead atoms. The summed E-state index contributed by atoms with van der Waals surface area (Å²) < 4.78 is 12.1. The first kappa shape index (κ1) is 21.4. The maximum atomic E-state index is 13.1. The summed E-state index contributed by atoms with van der Waals surface area (Å²) >= 11 is 0. The van der Waals surface area contributed by atoms with Crippen molar-refractivity contribution in [2.24, 2.45) is 0 Å². The van der Waals surface area contributed by atoms with Gasteiger partial charge >= 0.3 is 0 Å². The van der Waals surface area contributed by atoms with Crippen LogP contribution in [-0.4, -0.2) is 22.6 Å². The lowest BCUT2D eigenvalue weighted by Gasteiger charge is -2.12. The van der Waals surface area contributed by atoms with E-state index in [1.165, 1.54) is 42.1 Å². The SMILES string of the molecule is COc1ccc(O)c(C(=O)c2cc(C#N)c(=O)n(-c3ccc(Oc4ccccc4)cc3)c2)c1.